The van der Waals surface area contributed by atoms with E-state index in [9.17, 15) is 4.79 Å². The van der Waals surface area contributed by atoms with Gasteiger partial charge in [-0.2, -0.15) is 0 Å². The average Bonchev–Trinajstić information content (AvgIpc) is 2.15. The van der Waals surface area contributed by atoms with E-state index in [1.165, 1.54) is 0 Å². The molecule has 0 unspecified atom stereocenters. The molecule has 4 nitrogen and oxygen atoms in total. The van der Waals surface area contributed by atoms with Gasteiger partial charge in [-0.15, -0.1) is 0 Å². The van der Waals surface area contributed by atoms with Crippen LogP contribution in [0.4, 0.5) is 17.1 Å². The molecule has 0 bridgehead atoms. The van der Waals surface area contributed by atoms with Crippen LogP contribution in [0.25, 0.3) is 0 Å². The second-order valence-corrected chi connectivity index (χ2v) is 4.89. The molecule has 15 heavy (non-hydrogen) atoms. The monoisotopic (exact) mass is 269 g/mol. The summed E-state index contributed by atoms with van der Waals surface area (Å²) >= 11 is 3.35. The lowest BCUT2D eigenvalue weighted by Gasteiger charge is -2.33. The zero-order valence-corrected chi connectivity index (χ0v) is 10.1. The molecule has 1 heterocycles. The third kappa shape index (κ3) is 1.56. The maximum Gasteiger partial charge on any atom is 0.249 e. The lowest BCUT2D eigenvalue weighted by atomic mass is 10.00. The number of rotatable bonds is 0. The first kappa shape index (κ1) is 10.3. The van der Waals surface area contributed by atoms with Gasteiger partial charge in [0.05, 0.1) is 15.8 Å². The summed E-state index contributed by atoms with van der Waals surface area (Å²) in [5.74, 6) is -0.0682. The molecule has 0 aromatic heterocycles. The normalized spacial score (nSPS) is 17.7. The van der Waals surface area contributed by atoms with Gasteiger partial charge in [0.1, 0.15) is 5.54 Å². The second-order valence-electron chi connectivity index (χ2n) is 4.10. The molecule has 0 saturated carbocycles. The van der Waals surface area contributed by atoms with Gasteiger partial charge in [0.2, 0.25) is 5.91 Å². The van der Waals surface area contributed by atoms with E-state index in [2.05, 4.69) is 26.6 Å². The third-order valence-corrected chi connectivity index (χ3v) is 3.28. The Morgan fingerprint density at radius 3 is 2.73 bits per heavy atom. The first-order chi connectivity index (χ1) is 6.92. The van der Waals surface area contributed by atoms with E-state index in [1.54, 1.807) is 6.07 Å². The second kappa shape index (κ2) is 3.13. The van der Waals surface area contributed by atoms with Crippen LogP contribution in [-0.2, 0) is 4.79 Å². The molecule has 1 aromatic rings. The van der Waals surface area contributed by atoms with Crippen LogP contribution in [-0.4, -0.2) is 11.4 Å². The molecular weight excluding hydrogens is 258 g/mol. The number of nitrogens with one attached hydrogen (secondary N) is 2. The number of hydrogen-bond acceptors (Lipinski definition) is 3. The molecule has 1 aliphatic rings. The number of fused-ring (bicyclic) bond motifs is 1. The van der Waals surface area contributed by atoms with E-state index in [0.717, 1.165) is 10.2 Å². The number of hydrogen-bond donors (Lipinski definition) is 3. The molecule has 5 heteroatoms. The summed E-state index contributed by atoms with van der Waals surface area (Å²) in [7, 11) is 0. The molecule has 2 rings (SSSR count). The Morgan fingerprint density at radius 1 is 1.40 bits per heavy atom. The van der Waals surface area contributed by atoms with Crippen molar-refractivity contribution in [2.45, 2.75) is 19.4 Å². The minimum atomic E-state index is -0.595. The van der Waals surface area contributed by atoms with Gasteiger partial charge in [-0.3, -0.25) is 4.79 Å². The molecule has 0 radical (unpaired) electrons. The highest BCUT2D eigenvalue weighted by Crippen LogP contribution is 2.39. The van der Waals surface area contributed by atoms with Crippen LogP contribution in [0.5, 0.6) is 0 Å². The minimum absolute atomic E-state index is 0.0682. The fraction of sp³-hybridized carbons (Fsp3) is 0.300. The predicted molar refractivity (Wildman–Crippen MR) is 64.9 cm³/mol. The standard InChI is InChI=1S/C10H12BrN3O/c1-10(2)9(15)13-8-6(14-10)4-3-5(12)7(8)11/h3-4,14H,12H2,1-2H3,(H,13,15). The van der Waals surface area contributed by atoms with E-state index in [4.69, 9.17) is 5.73 Å². The Kier molecular flexibility index (Phi) is 2.15. The van der Waals surface area contributed by atoms with Crippen LogP contribution >= 0.6 is 15.9 Å². The summed E-state index contributed by atoms with van der Waals surface area (Å²) < 4.78 is 0.719. The smallest absolute Gasteiger partial charge is 0.249 e. The van der Waals surface area contributed by atoms with Crippen molar-refractivity contribution in [3.8, 4) is 0 Å². The van der Waals surface area contributed by atoms with Gasteiger partial charge < -0.3 is 16.4 Å². The van der Waals surface area contributed by atoms with Crippen molar-refractivity contribution >= 4 is 38.9 Å². The Labute approximate surface area is 96.4 Å². The van der Waals surface area contributed by atoms with E-state index in [-0.39, 0.29) is 5.91 Å². The molecule has 0 fully saturated rings. The largest absolute Gasteiger partial charge is 0.398 e. The molecule has 0 saturated heterocycles. The van der Waals surface area contributed by atoms with Crippen LogP contribution in [0.2, 0.25) is 0 Å². The van der Waals surface area contributed by atoms with Crippen LogP contribution < -0.4 is 16.4 Å². The number of amides is 1. The maximum absolute atomic E-state index is 11.7. The maximum atomic E-state index is 11.7. The molecule has 0 aliphatic carbocycles. The molecule has 0 atom stereocenters. The topological polar surface area (TPSA) is 67.2 Å². The number of halogens is 1. The summed E-state index contributed by atoms with van der Waals surface area (Å²) in [6.45, 7) is 3.66. The van der Waals surface area contributed by atoms with E-state index in [0.29, 0.717) is 11.4 Å². The molecule has 1 aromatic carbocycles. The van der Waals surface area contributed by atoms with Gasteiger partial charge in [-0.25, -0.2) is 0 Å². The fourth-order valence-electron chi connectivity index (χ4n) is 1.48. The first-order valence-corrected chi connectivity index (χ1v) is 5.39. The van der Waals surface area contributed by atoms with Crippen molar-refractivity contribution in [2.24, 2.45) is 0 Å². The van der Waals surface area contributed by atoms with Gasteiger partial charge in [0.15, 0.2) is 0 Å². The predicted octanol–water partition coefficient (Wildman–Crippen LogP) is 2.17. The van der Waals surface area contributed by atoms with Crippen molar-refractivity contribution in [3.63, 3.8) is 0 Å². The van der Waals surface area contributed by atoms with Crippen molar-refractivity contribution in [3.05, 3.63) is 16.6 Å². The Balaban J connectivity index is 2.55. The number of anilines is 3. The zero-order valence-electron chi connectivity index (χ0n) is 8.52. The minimum Gasteiger partial charge on any atom is -0.398 e. The van der Waals surface area contributed by atoms with Crippen LogP contribution in [0.15, 0.2) is 16.6 Å². The SMILES string of the molecule is CC1(C)Nc2ccc(N)c(Br)c2NC1=O. The Morgan fingerprint density at radius 2 is 2.07 bits per heavy atom. The fourth-order valence-corrected chi connectivity index (χ4v) is 1.93. The van der Waals surface area contributed by atoms with Gasteiger partial charge in [-0.05, 0) is 41.9 Å². The van der Waals surface area contributed by atoms with Crippen LogP contribution in [0.1, 0.15) is 13.8 Å². The lowest BCUT2D eigenvalue weighted by Crippen LogP contribution is -2.47. The van der Waals surface area contributed by atoms with Gasteiger partial charge in [0, 0.05) is 5.69 Å². The molecule has 1 aliphatic heterocycles. The molecule has 80 valence electrons. The number of nitrogens with two attached hydrogens (primary N) is 1. The highest BCUT2D eigenvalue weighted by atomic mass is 79.9. The van der Waals surface area contributed by atoms with Gasteiger partial charge in [-0.1, -0.05) is 0 Å². The summed E-state index contributed by atoms with van der Waals surface area (Å²) in [6.07, 6.45) is 0. The van der Waals surface area contributed by atoms with E-state index >= 15 is 0 Å². The molecular formula is C10H12BrN3O. The highest BCUT2D eigenvalue weighted by molar-refractivity contribution is 9.10. The molecule has 4 N–H and O–H groups in total. The summed E-state index contributed by atoms with van der Waals surface area (Å²) in [4.78, 5) is 11.7. The lowest BCUT2D eigenvalue weighted by molar-refractivity contribution is -0.119. The van der Waals surface area contributed by atoms with Gasteiger partial charge >= 0.3 is 0 Å². The zero-order chi connectivity index (χ0) is 11.2. The Bertz CT molecular complexity index is 443. The van der Waals surface area contributed by atoms with Crippen molar-refractivity contribution in [1.29, 1.82) is 0 Å². The molecule has 0 spiro atoms. The first-order valence-electron chi connectivity index (χ1n) is 4.59. The van der Waals surface area contributed by atoms with Crippen molar-refractivity contribution in [1.82, 2.24) is 0 Å². The summed E-state index contributed by atoms with van der Waals surface area (Å²) in [5, 5.41) is 5.99. The third-order valence-electron chi connectivity index (χ3n) is 2.43. The number of benzene rings is 1. The number of carbonyl (C=O) groups is 1. The van der Waals surface area contributed by atoms with Crippen LogP contribution in [0, 0.1) is 0 Å². The summed E-state index contributed by atoms with van der Waals surface area (Å²) in [6, 6.07) is 3.65. The number of carbonyl (C=O) groups excluding carboxylic acids is 1. The quantitative estimate of drug-likeness (QED) is 0.633. The van der Waals surface area contributed by atoms with E-state index in [1.807, 2.05) is 19.9 Å². The van der Waals surface area contributed by atoms with Gasteiger partial charge in [0.25, 0.3) is 0 Å². The van der Waals surface area contributed by atoms with Crippen molar-refractivity contribution in [2.75, 3.05) is 16.4 Å². The molecule has 1 amide bonds. The van der Waals surface area contributed by atoms with Crippen LogP contribution in [0.3, 0.4) is 0 Å². The highest BCUT2D eigenvalue weighted by Gasteiger charge is 2.33. The number of nitrogen functional groups attached to an aromatic ring is 1. The average molecular weight is 270 g/mol. The van der Waals surface area contributed by atoms with E-state index < -0.39 is 5.54 Å². The van der Waals surface area contributed by atoms with Crippen molar-refractivity contribution < 1.29 is 4.79 Å². The Hall–Kier alpha value is -1.23. The summed E-state index contributed by atoms with van der Waals surface area (Å²) in [5.41, 5.74) is 7.33.